The molecule has 1 saturated heterocycles. The number of nitrogens with one attached hydrogen (secondary N) is 1. The third-order valence-corrected chi connectivity index (χ3v) is 2.19. The van der Waals surface area contributed by atoms with E-state index in [2.05, 4.69) is 10.1 Å². The van der Waals surface area contributed by atoms with Crippen molar-refractivity contribution < 1.29 is 27.4 Å². The number of rotatable bonds is 6. The fourth-order valence-electron chi connectivity index (χ4n) is 1.50. The molecule has 100 valence electrons. The summed E-state index contributed by atoms with van der Waals surface area (Å²) in [6.45, 7) is -0.343. The molecule has 0 radical (unpaired) electrons. The monoisotopic (exact) mass is 256 g/mol. The van der Waals surface area contributed by atoms with Gasteiger partial charge in [-0.2, -0.15) is 13.2 Å². The normalized spacial score (nSPS) is 20.5. The third kappa shape index (κ3) is 5.73. The van der Waals surface area contributed by atoms with Crippen LogP contribution < -0.4 is 5.32 Å². The molecule has 1 aliphatic rings. The summed E-state index contributed by atoms with van der Waals surface area (Å²) >= 11 is 0. The summed E-state index contributed by atoms with van der Waals surface area (Å²) < 4.78 is 46.1. The van der Waals surface area contributed by atoms with Gasteiger partial charge in [0.25, 0.3) is 0 Å². The molecule has 1 atom stereocenters. The van der Waals surface area contributed by atoms with Crippen molar-refractivity contribution in [2.24, 2.45) is 0 Å². The molecule has 0 saturated carbocycles. The molecule has 0 spiro atoms. The second-order valence-electron chi connectivity index (χ2n) is 3.75. The molecular formula is C9H15F3N2O3. The van der Waals surface area contributed by atoms with Gasteiger partial charge in [-0.1, -0.05) is 0 Å². The molecule has 0 aromatic heterocycles. The van der Waals surface area contributed by atoms with Gasteiger partial charge in [0.05, 0.1) is 6.54 Å². The fraction of sp³-hybridized carbons (Fsp3) is 0.889. The number of carbonyl (C=O) groups excluding carboxylic acids is 1. The van der Waals surface area contributed by atoms with Crippen LogP contribution in [0.5, 0.6) is 0 Å². The second kappa shape index (κ2) is 6.06. The number of halogens is 3. The largest absolute Gasteiger partial charge is 0.508 e. The highest BCUT2D eigenvalue weighted by Crippen LogP contribution is 2.17. The van der Waals surface area contributed by atoms with Crippen LogP contribution in [0, 0.1) is 0 Å². The molecule has 5 nitrogen and oxygen atoms in total. The summed E-state index contributed by atoms with van der Waals surface area (Å²) in [4.78, 5) is 11.8. The van der Waals surface area contributed by atoms with Crippen LogP contribution in [0.3, 0.4) is 0 Å². The van der Waals surface area contributed by atoms with E-state index in [1.54, 1.807) is 7.05 Å². The van der Waals surface area contributed by atoms with E-state index < -0.39 is 25.0 Å². The van der Waals surface area contributed by atoms with Crippen LogP contribution >= 0.6 is 0 Å². The van der Waals surface area contributed by atoms with E-state index in [9.17, 15) is 18.0 Å². The molecule has 1 unspecified atom stereocenters. The highest BCUT2D eigenvalue weighted by atomic mass is 19.4. The van der Waals surface area contributed by atoms with Gasteiger partial charge in [-0.25, -0.2) is 4.79 Å². The lowest BCUT2D eigenvalue weighted by Crippen LogP contribution is -2.42. The Balaban J connectivity index is 2.42. The van der Waals surface area contributed by atoms with Crippen LogP contribution in [0.2, 0.25) is 0 Å². The number of likely N-dealkylation sites (N-methyl/N-ethyl adjacent to an activating group) is 1. The number of nitrogens with zero attached hydrogens (tertiary/aromatic N) is 1. The number of hydrogen-bond donors (Lipinski definition) is 1. The minimum absolute atomic E-state index is 0.00669. The summed E-state index contributed by atoms with van der Waals surface area (Å²) in [5.74, 6) is 0. The van der Waals surface area contributed by atoms with Crippen molar-refractivity contribution in [2.45, 2.75) is 12.3 Å². The maximum absolute atomic E-state index is 12.3. The Kier molecular flexibility index (Phi) is 5.01. The molecule has 17 heavy (non-hydrogen) atoms. The predicted octanol–water partition coefficient (Wildman–Crippen LogP) is 0.605. The van der Waals surface area contributed by atoms with E-state index >= 15 is 0 Å². The minimum Gasteiger partial charge on any atom is -0.430 e. The summed E-state index contributed by atoms with van der Waals surface area (Å²) in [6, 6.07) is 0. The van der Waals surface area contributed by atoms with E-state index in [0.29, 0.717) is 6.54 Å². The van der Waals surface area contributed by atoms with Crippen molar-refractivity contribution >= 4 is 6.16 Å². The number of hydrogen-bond acceptors (Lipinski definition) is 5. The first-order valence-corrected chi connectivity index (χ1v) is 5.18. The van der Waals surface area contributed by atoms with Crippen molar-refractivity contribution in [3.05, 3.63) is 0 Å². The van der Waals surface area contributed by atoms with Crippen LogP contribution in [0.25, 0.3) is 0 Å². The molecule has 0 aliphatic carbocycles. The second-order valence-corrected chi connectivity index (χ2v) is 3.75. The molecule has 0 amide bonds. The van der Waals surface area contributed by atoms with Gasteiger partial charge in [-0.15, -0.1) is 0 Å². The zero-order chi connectivity index (χ0) is 12.9. The lowest BCUT2D eigenvalue weighted by atomic mass is 10.3. The van der Waals surface area contributed by atoms with Gasteiger partial charge in [0.1, 0.15) is 6.61 Å². The highest BCUT2D eigenvalue weighted by molar-refractivity contribution is 5.61. The quantitative estimate of drug-likeness (QED) is 0.705. The van der Waals surface area contributed by atoms with Crippen molar-refractivity contribution in [3.63, 3.8) is 0 Å². The molecule has 0 aromatic rings. The van der Waals surface area contributed by atoms with Gasteiger partial charge >= 0.3 is 12.3 Å². The van der Waals surface area contributed by atoms with Crippen molar-refractivity contribution in [3.8, 4) is 0 Å². The van der Waals surface area contributed by atoms with Crippen molar-refractivity contribution in [1.82, 2.24) is 10.2 Å². The maximum atomic E-state index is 12.3. The fourth-order valence-corrected chi connectivity index (χ4v) is 1.50. The SMILES string of the molecule is CNCCN(CC1COC(=O)O1)CC(F)(F)F. The van der Waals surface area contributed by atoms with Gasteiger partial charge in [-0.3, -0.25) is 4.90 Å². The van der Waals surface area contributed by atoms with Crippen LogP contribution in [0.4, 0.5) is 18.0 Å². The first-order chi connectivity index (χ1) is 7.90. The molecule has 1 N–H and O–H groups in total. The molecule has 1 heterocycles. The Bertz CT molecular complexity index is 260. The lowest BCUT2D eigenvalue weighted by Gasteiger charge is -2.24. The summed E-state index contributed by atoms with van der Waals surface area (Å²) in [7, 11) is 1.66. The zero-order valence-electron chi connectivity index (χ0n) is 9.42. The smallest absolute Gasteiger partial charge is 0.430 e. The molecule has 0 bridgehead atoms. The summed E-state index contributed by atoms with van der Waals surface area (Å²) in [6.07, 6.45) is -5.71. The number of carbonyl (C=O) groups is 1. The van der Waals surface area contributed by atoms with Crippen LogP contribution in [-0.4, -0.2) is 63.2 Å². The number of ether oxygens (including phenoxy) is 2. The van der Waals surface area contributed by atoms with E-state index in [4.69, 9.17) is 4.74 Å². The molecule has 0 aromatic carbocycles. The van der Waals surface area contributed by atoms with E-state index in [0.717, 1.165) is 0 Å². The molecular weight excluding hydrogens is 241 g/mol. The number of cyclic esters (lactones) is 2. The van der Waals surface area contributed by atoms with E-state index in [1.807, 2.05) is 0 Å². The lowest BCUT2D eigenvalue weighted by molar-refractivity contribution is -0.147. The average Bonchev–Trinajstić information content (AvgIpc) is 2.58. The van der Waals surface area contributed by atoms with Gasteiger partial charge in [0.15, 0.2) is 6.10 Å². The van der Waals surface area contributed by atoms with Crippen molar-refractivity contribution in [2.75, 3.05) is 39.8 Å². The molecule has 8 heteroatoms. The van der Waals surface area contributed by atoms with Crippen molar-refractivity contribution in [1.29, 1.82) is 0 Å². The molecule has 1 fully saturated rings. The Morgan fingerprint density at radius 2 is 2.24 bits per heavy atom. The standard InChI is InChI=1S/C9H15F3N2O3/c1-13-2-3-14(6-9(10,11)12)4-7-5-16-8(15)17-7/h7,13H,2-6H2,1H3. The average molecular weight is 256 g/mol. The Labute approximate surface area is 96.8 Å². The van der Waals surface area contributed by atoms with Crippen LogP contribution in [0.1, 0.15) is 0 Å². The first-order valence-electron chi connectivity index (χ1n) is 5.18. The topological polar surface area (TPSA) is 50.8 Å². The summed E-state index contributed by atoms with van der Waals surface area (Å²) in [5.41, 5.74) is 0. The molecule has 1 rings (SSSR count). The number of alkyl halides is 3. The van der Waals surface area contributed by atoms with Gasteiger partial charge in [0, 0.05) is 19.6 Å². The van der Waals surface area contributed by atoms with E-state index in [-0.39, 0.29) is 19.7 Å². The highest BCUT2D eigenvalue weighted by Gasteiger charge is 2.34. The maximum Gasteiger partial charge on any atom is 0.508 e. The van der Waals surface area contributed by atoms with Gasteiger partial charge < -0.3 is 14.8 Å². The minimum atomic E-state index is -4.27. The van der Waals surface area contributed by atoms with Gasteiger partial charge in [-0.05, 0) is 7.05 Å². The van der Waals surface area contributed by atoms with E-state index in [1.165, 1.54) is 4.90 Å². The Hall–Kier alpha value is -1.02. The van der Waals surface area contributed by atoms with Crippen LogP contribution in [0.15, 0.2) is 0 Å². The van der Waals surface area contributed by atoms with Gasteiger partial charge in [0.2, 0.25) is 0 Å². The molecule has 1 aliphatic heterocycles. The predicted molar refractivity (Wildman–Crippen MR) is 52.6 cm³/mol. The summed E-state index contributed by atoms with van der Waals surface area (Å²) in [5, 5.41) is 2.77. The Morgan fingerprint density at radius 1 is 1.53 bits per heavy atom. The van der Waals surface area contributed by atoms with Crippen LogP contribution in [-0.2, 0) is 9.47 Å². The third-order valence-electron chi connectivity index (χ3n) is 2.19. The Morgan fingerprint density at radius 3 is 2.71 bits per heavy atom. The first kappa shape index (κ1) is 14.0. The zero-order valence-corrected chi connectivity index (χ0v) is 9.42.